The largest absolute Gasteiger partial charge is 0.459 e. The highest BCUT2D eigenvalue weighted by Crippen LogP contribution is 2.37. The van der Waals surface area contributed by atoms with Gasteiger partial charge in [0, 0.05) is 31.7 Å². The van der Waals surface area contributed by atoms with E-state index in [1.807, 2.05) is 0 Å². The molecule has 1 aliphatic heterocycles. The summed E-state index contributed by atoms with van der Waals surface area (Å²) in [4.78, 5) is 47.2. The van der Waals surface area contributed by atoms with Gasteiger partial charge in [-0.2, -0.15) is 4.98 Å². The van der Waals surface area contributed by atoms with E-state index in [1.165, 1.54) is 19.5 Å². The van der Waals surface area contributed by atoms with Crippen LogP contribution in [0.5, 0.6) is 11.6 Å². The molecular formula is C24H23N5O6. The zero-order chi connectivity index (χ0) is 24.9. The highest BCUT2D eigenvalue weighted by Gasteiger charge is 2.32. The third-order valence-corrected chi connectivity index (χ3v) is 5.59. The topological polar surface area (TPSA) is 132 Å². The smallest absolute Gasteiger partial charge is 0.373 e. The summed E-state index contributed by atoms with van der Waals surface area (Å²) in [5.74, 6) is 0.122. The second-order valence-corrected chi connectivity index (χ2v) is 7.84. The van der Waals surface area contributed by atoms with E-state index < -0.39 is 4.92 Å². The van der Waals surface area contributed by atoms with E-state index in [0.717, 1.165) is 0 Å². The summed E-state index contributed by atoms with van der Waals surface area (Å²) < 4.78 is 11.0. The maximum atomic E-state index is 12.5. The van der Waals surface area contributed by atoms with E-state index in [1.54, 1.807) is 46.2 Å². The third kappa shape index (κ3) is 5.03. The molecular weight excluding hydrogens is 454 g/mol. The van der Waals surface area contributed by atoms with Crippen LogP contribution in [0.15, 0.2) is 60.0 Å². The van der Waals surface area contributed by atoms with E-state index in [-0.39, 0.29) is 34.8 Å². The SMILES string of the molecule is C=CCc1cc(C(C)=O)ccc1Oc1ncnc(N2CCN(C(=O)c3ccco3)CC2)c1[N+](=O)[O-]. The number of carbonyl (C=O) groups is 2. The van der Waals surface area contributed by atoms with Gasteiger partial charge < -0.3 is 19.0 Å². The molecule has 1 saturated heterocycles. The summed E-state index contributed by atoms with van der Waals surface area (Å²) in [5.41, 5.74) is 0.764. The maximum Gasteiger partial charge on any atom is 0.373 e. The van der Waals surface area contributed by atoms with Gasteiger partial charge in [0.2, 0.25) is 5.82 Å². The fourth-order valence-electron chi connectivity index (χ4n) is 3.81. The molecule has 11 nitrogen and oxygen atoms in total. The number of furan rings is 1. The lowest BCUT2D eigenvalue weighted by molar-refractivity contribution is -0.385. The van der Waals surface area contributed by atoms with E-state index in [4.69, 9.17) is 9.15 Å². The van der Waals surface area contributed by atoms with Gasteiger partial charge in [-0.1, -0.05) is 6.08 Å². The lowest BCUT2D eigenvalue weighted by Gasteiger charge is -2.34. The molecule has 11 heteroatoms. The lowest BCUT2D eigenvalue weighted by Crippen LogP contribution is -2.49. The fraction of sp³-hybridized carbons (Fsp3) is 0.250. The van der Waals surface area contributed by atoms with Crippen LogP contribution in [0, 0.1) is 10.1 Å². The van der Waals surface area contributed by atoms with Crippen molar-refractivity contribution in [3.63, 3.8) is 0 Å². The second kappa shape index (κ2) is 10.2. The first-order valence-electron chi connectivity index (χ1n) is 10.9. The number of ketones is 1. The summed E-state index contributed by atoms with van der Waals surface area (Å²) in [6, 6.07) is 8.08. The van der Waals surface area contributed by atoms with Gasteiger partial charge in [0.15, 0.2) is 11.5 Å². The minimum Gasteiger partial charge on any atom is -0.459 e. The van der Waals surface area contributed by atoms with Crippen LogP contribution < -0.4 is 9.64 Å². The minimum absolute atomic E-state index is 0.107. The fourth-order valence-corrected chi connectivity index (χ4v) is 3.81. The number of hydrogen-bond acceptors (Lipinski definition) is 9. The molecule has 0 spiro atoms. The average Bonchev–Trinajstić information content (AvgIpc) is 3.39. The second-order valence-electron chi connectivity index (χ2n) is 7.84. The molecule has 0 bridgehead atoms. The normalized spacial score (nSPS) is 13.4. The van der Waals surface area contributed by atoms with Crippen LogP contribution in [0.3, 0.4) is 0 Å². The Morgan fingerprint density at radius 2 is 2.00 bits per heavy atom. The van der Waals surface area contributed by atoms with Crippen LogP contribution in [0.4, 0.5) is 11.5 Å². The number of ether oxygens (including phenoxy) is 1. The number of carbonyl (C=O) groups excluding carboxylic acids is 2. The number of piperazine rings is 1. The quantitative estimate of drug-likeness (QED) is 0.206. The highest BCUT2D eigenvalue weighted by atomic mass is 16.6. The molecule has 3 aromatic rings. The van der Waals surface area contributed by atoms with Crippen LogP contribution in [0.25, 0.3) is 0 Å². The number of aromatic nitrogens is 2. The first kappa shape index (κ1) is 23.6. The molecule has 0 N–H and O–H groups in total. The monoisotopic (exact) mass is 477 g/mol. The van der Waals surface area contributed by atoms with Crippen molar-refractivity contribution < 1.29 is 23.7 Å². The number of allylic oxidation sites excluding steroid dienone is 1. The van der Waals surface area contributed by atoms with Gasteiger partial charge in [0.05, 0.1) is 11.2 Å². The molecule has 0 atom stereocenters. The molecule has 1 aromatic carbocycles. The van der Waals surface area contributed by atoms with Gasteiger partial charge in [-0.25, -0.2) is 4.98 Å². The minimum atomic E-state index is -0.581. The predicted molar refractivity (Wildman–Crippen MR) is 126 cm³/mol. The van der Waals surface area contributed by atoms with Crippen LogP contribution in [-0.2, 0) is 6.42 Å². The summed E-state index contributed by atoms with van der Waals surface area (Å²) in [6.45, 7) is 6.52. The Balaban J connectivity index is 1.59. The molecule has 0 aliphatic carbocycles. The zero-order valence-corrected chi connectivity index (χ0v) is 19.0. The Bertz CT molecular complexity index is 1270. The summed E-state index contributed by atoms with van der Waals surface area (Å²) in [7, 11) is 0. The van der Waals surface area contributed by atoms with Crippen molar-refractivity contribution in [2.75, 3.05) is 31.1 Å². The van der Waals surface area contributed by atoms with Crippen molar-refractivity contribution in [3.8, 4) is 11.6 Å². The Kier molecular flexibility index (Phi) is 6.86. The first-order chi connectivity index (χ1) is 16.9. The molecule has 1 amide bonds. The van der Waals surface area contributed by atoms with Crippen molar-refractivity contribution >= 4 is 23.2 Å². The molecule has 3 heterocycles. The molecule has 180 valence electrons. The number of hydrogen-bond donors (Lipinski definition) is 0. The van der Waals surface area contributed by atoms with Crippen molar-refractivity contribution in [3.05, 3.63) is 82.6 Å². The molecule has 0 saturated carbocycles. The number of nitrogens with zero attached hydrogens (tertiary/aromatic N) is 5. The maximum absolute atomic E-state index is 12.5. The van der Waals surface area contributed by atoms with E-state index in [0.29, 0.717) is 49.5 Å². The number of amides is 1. The molecule has 1 fully saturated rings. The van der Waals surface area contributed by atoms with Crippen molar-refractivity contribution in [1.82, 2.24) is 14.9 Å². The number of benzene rings is 1. The van der Waals surface area contributed by atoms with Crippen molar-refractivity contribution in [1.29, 1.82) is 0 Å². The summed E-state index contributed by atoms with van der Waals surface area (Å²) in [6.07, 6.45) is 4.68. The number of Topliss-reactive ketones (excluding diaryl/α,β-unsaturated/α-hetero) is 1. The molecule has 35 heavy (non-hydrogen) atoms. The third-order valence-electron chi connectivity index (χ3n) is 5.59. The summed E-state index contributed by atoms with van der Waals surface area (Å²) in [5, 5.41) is 12.0. The van der Waals surface area contributed by atoms with Crippen molar-refractivity contribution in [2.45, 2.75) is 13.3 Å². The van der Waals surface area contributed by atoms with Crippen molar-refractivity contribution in [2.24, 2.45) is 0 Å². The van der Waals surface area contributed by atoms with Gasteiger partial charge in [-0.15, -0.1) is 6.58 Å². The highest BCUT2D eigenvalue weighted by molar-refractivity contribution is 5.94. The molecule has 1 aliphatic rings. The van der Waals surface area contributed by atoms with Gasteiger partial charge in [0.25, 0.3) is 5.91 Å². The Labute approximate surface area is 200 Å². The first-order valence-corrected chi connectivity index (χ1v) is 10.9. The zero-order valence-electron chi connectivity index (χ0n) is 19.0. The van der Waals surface area contributed by atoms with Crippen LogP contribution in [0.2, 0.25) is 0 Å². The Morgan fingerprint density at radius 3 is 2.63 bits per heavy atom. The Hall–Kier alpha value is -4.54. The molecule has 0 unspecified atom stereocenters. The summed E-state index contributed by atoms with van der Waals surface area (Å²) >= 11 is 0. The van der Waals surface area contributed by atoms with E-state index in [2.05, 4.69) is 16.5 Å². The molecule has 2 aromatic heterocycles. The van der Waals surface area contributed by atoms with Gasteiger partial charge >= 0.3 is 11.6 Å². The average molecular weight is 477 g/mol. The van der Waals surface area contributed by atoms with Crippen LogP contribution in [0.1, 0.15) is 33.4 Å². The Morgan fingerprint density at radius 1 is 1.23 bits per heavy atom. The van der Waals surface area contributed by atoms with Gasteiger partial charge in [-0.3, -0.25) is 19.7 Å². The lowest BCUT2D eigenvalue weighted by atomic mass is 10.0. The number of rotatable bonds is 8. The predicted octanol–water partition coefficient (Wildman–Crippen LogP) is 3.66. The molecule has 4 rings (SSSR count). The van der Waals surface area contributed by atoms with Crippen LogP contribution >= 0.6 is 0 Å². The van der Waals surface area contributed by atoms with Crippen LogP contribution in [-0.4, -0.2) is 57.7 Å². The van der Waals surface area contributed by atoms with E-state index >= 15 is 0 Å². The number of nitro groups is 1. The molecule has 0 radical (unpaired) electrons. The standard InChI is InChI=1S/C24H23N5O6/c1-3-5-18-14-17(16(2)30)7-8-19(18)35-23-21(29(32)33)22(25-15-26-23)27-9-11-28(12-10-27)24(31)20-6-4-13-34-20/h3-4,6-8,13-15H,1,5,9-12H2,2H3. The van der Waals surface area contributed by atoms with Gasteiger partial charge in [0.1, 0.15) is 12.1 Å². The van der Waals surface area contributed by atoms with E-state index in [9.17, 15) is 19.7 Å². The van der Waals surface area contributed by atoms with Gasteiger partial charge in [-0.05, 0) is 49.2 Å². The number of anilines is 1.